The summed E-state index contributed by atoms with van der Waals surface area (Å²) in [7, 11) is -3.39. The van der Waals surface area contributed by atoms with E-state index in [2.05, 4.69) is 100 Å². The molecule has 6 aliphatic rings. The molecule has 2 aromatic heterocycles. The molecule has 4 heterocycles. The largest absolute Gasteiger partial charge is 1.00 e. The average Bonchev–Trinajstić information content (AvgIpc) is 4.23. The Labute approximate surface area is 531 Å². The summed E-state index contributed by atoms with van der Waals surface area (Å²) in [5.41, 5.74) is 0. The molecule has 2 saturated heterocycles. The van der Waals surface area contributed by atoms with Crippen LogP contribution >= 0.6 is 22.7 Å². The summed E-state index contributed by atoms with van der Waals surface area (Å²) in [6.07, 6.45) is 17.4. The number of piperidine rings is 2. The Morgan fingerprint density at radius 2 is 1.18 bits per heavy atom. The molecule has 0 bridgehead atoms. The summed E-state index contributed by atoms with van der Waals surface area (Å²) < 4.78 is 29.3. The number of nitrogens with one attached hydrogen (secondary N) is 3. The van der Waals surface area contributed by atoms with Crippen molar-refractivity contribution in [3.63, 3.8) is 0 Å². The number of carbonyl (C=O) groups is 3. The van der Waals surface area contributed by atoms with Gasteiger partial charge in [-0.05, 0) is 187 Å². The Morgan fingerprint density at radius 1 is 0.767 bits per heavy atom. The predicted molar refractivity (Wildman–Crippen MR) is 286 cm³/mol. The van der Waals surface area contributed by atoms with E-state index in [0.29, 0.717) is 23.9 Å². The van der Waals surface area contributed by atoms with Crippen LogP contribution in [0.4, 0.5) is 0 Å². The molecule has 0 radical (unpaired) electrons. The van der Waals surface area contributed by atoms with Gasteiger partial charge in [0, 0.05) is 56.5 Å². The molecule has 6 fully saturated rings. The number of amides is 2. The predicted octanol–water partition coefficient (Wildman–Crippen LogP) is 3.79. The van der Waals surface area contributed by atoms with E-state index in [-0.39, 0.29) is 148 Å². The molecule has 2 aliphatic heterocycles. The Morgan fingerprint density at radius 3 is 1.60 bits per heavy atom. The van der Waals surface area contributed by atoms with Gasteiger partial charge in [0.05, 0.1) is 18.9 Å². The summed E-state index contributed by atoms with van der Waals surface area (Å²) >= 11 is 3.96. The molecule has 394 valence electrons. The van der Waals surface area contributed by atoms with Crippen molar-refractivity contribution in [2.45, 2.75) is 142 Å². The van der Waals surface area contributed by atoms with Gasteiger partial charge < -0.3 is 32.4 Å². The van der Waals surface area contributed by atoms with E-state index < -0.39 is 10.1 Å². The van der Waals surface area contributed by atoms with Gasteiger partial charge in [-0.1, -0.05) is 57.7 Å². The maximum atomic E-state index is 12.6. The van der Waals surface area contributed by atoms with Crippen LogP contribution in [0.5, 0.6) is 0 Å². The number of hydrogen-bond acceptors (Lipinski definition) is 13. The normalized spacial score (nSPS) is 25.6. The van der Waals surface area contributed by atoms with Crippen molar-refractivity contribution in [3.05, 3.63) is 70.4 Å². The fourth-order valence-corrected chi connectivity index (χ4v) is 13.3. The van der Waals surface area contributed by atoms with Crippen LogP contribution < -0.4 is 124 Å². The fourth-order valence-electron chi connectivity index (χ4n) is 10.4. The van der Waals surface area contributed by atoms with E-state index in [0.717, 1.165) is 62.2 Å². The van der Waals surface area contributed by atoms with Crippen LogP contribution in [0.25, 0.3) is 20.2 Å². The van der Waals surface area contributed by atoms with Crippen molar-refractivity contribution < 1.29 is 141 Å². The number of thiophene rings is 2. The molecule has 0 spiro atoms. The van der Waals surface area contributed by atoms with Crippen molar-refractivity contribution >= 4 is 71.3 Å². The zero-order valence-corrected chi connectivity index (χ0v) is 52.3. The zero-order valence-electron chi connectivity index (χ0n) is 44.7. The molecule has 3 N–H and O–H groups in total. The Bertz CT molecular complexity index is 2340. The maximum absolute atomic E-state index is 12.6. The number of rotatable bonds is 12. The summed E-state index contributed by atoms with van der Waals surface area (Å²) in [5.74, 6) is 4.43. The first-order chi connectivity index (χ1) is 33.8. The number of likely N-dealkylation sites (tertiary alicyclic amines) is 1. The van der Waals surface area contributed by atoms with E-state index in [4.69, 9.17) is 19.5 Å². The topological polar surface area (TPSA) is 190 Å². The van der Waals surface area contributed by atoms with Crippen molar-refractivity contribution in [2.24, 2.45) is 35.5 Å². The molecule has 73 heavy (non-hydrogen) atoms. The van der Waals surface area contributed by atoms with Crippen molar-refractivity contribution in [1.82, 2.24) is 20.9 Å². The Balaban J connectivity index is 0.000000364. The second-order valence-corrected chi connectivity index (χ2v) is 24.4. The molecule has 2 amide bonds. The van der Waals surface area contributed by atoms with Crippen molar-refractivity contribution in [2.75, 3.05) is 45.6 Å². The zero-order chi connectivity index (χ0) is 50.0. The monoisotopic (exact) mass is 1110 g/mol. The molecule has 13 nitrogen and oxygen atoms in total. The molecule has 2 aromatic carbocycles. The summed E-state index contributed by atoms with van der Waals surface area (Å²) in [6, 6.07) is 24.7. The van der Waals surface area contributed by atoms with Crippen LogP contribution in [-0.2, 0) is 33.6 Å². The van der Waals surface area contributed by atoms with Gasteiger partial charge in [-0.25, -0.2) is 0 Å². The van der Waals surface area contributed by atoms with Gasteiger partial charge in [0.25, 0.3) is 16.6 Å². The SMILES string of the molecule is C.CC#N.CC1CCC(NC(=O)C2C[C@H]2COS(C)(=O)=O)CC1.CC1CCC(NC(=O)[C@@H]2C[C@H]2CN2CCC(c3cc4ccccc4s3)CC2)CC1.O=CO[O-].[H-].[K+].[K+].c1ccc2sc(C3CCNCC3)cc2c1. The summed E-state index contributed by atoms with van der Waals surface area (Å²) in [6.45, 7) is 11.8. The molecule has 4 saturated carbocycles. The van der Waals surface area contributed by atoms with Crippen LogP contribution in [0.15, 0.2) is 60.7 Å². The van der Waals surface area contributed by atoms with E-state index >= 15 is 0 Å². The van der Waals surface area contributed by atoms with Gasteiger partial charge in [0.1, 0.15) is 0 Å². The van der Waals surface area contributed by atoms with Crippen LogP contribution in [-0.4, -0.2) is 89.3 Å². The Hall–Kier alpha value is -0.677. The summed E-state index contributed by atoms with van der Waals surface area (Å²) in [4.78, 5) is 41.6. The molecule has 4 atom stereocenters. The van der Waals surface area contributed by atoms with Gasteiger partial charge in [-0.15, -0.1) is 22.7 Å². The quantitative estimate of drug-likeness (QED) is 0.0616. The minimum absolute atomic E-state index is 0. The van der Waals surface area contributed by atoms with Crippen LogP contribution in [0.1, 0.15) is 141 Å². The number of fused-ring (bicyclic) bond motifs is 2. The van der Waals surface area contributed by atoms with Gasteiger partial charge in [0.2, 0.25) is 11.8 Å². The number of carbonyl (C=O) groups excluding carboxylic acids is 3. The van der Waals surface area contributed by atoms with Gasteiger partial charge in [-0.3, -0.25) is 18.6 Å². The molecular weight excluding hydrogens is 1030 g/mol. The third-order valence-corrected chi connectivity index (χ3v) is 18.0. The van der Waals surface area contributed by atoms with Crippen molar-refractivity contribution in [3.8, 4) is 6.07 Å². The number of nitriles is 1. The third-order valence-electron chi connectivity index (χ3n) is 14.9. The molecular formula is C55H81K2N5O8S3. The van der Waals surface area contributed by atoms with Gasteiger partial charge >= 0.3 is 103 Å². The van der Waals surface area contributed by atoms with E-state index in [1.54, 1.807) is 15.8 Å². The minimum Gasteiger partial charge on any atom is -1.00 e. The van der Waals surface area contributed by atoms with E-state index in [9.17, 15) is 18.0 Å². The average molecular weight is 1110 g/mol. The standard InChI is InChI=1S/C25H34N2OS.C13H23NO4S.C13H15NS.C2H3N.CH2O3.CH4.2K.H/c1-17-6-8-21(9-7-17)26-25(28)22-14-20(22)16-27-12-10-18(11-13-27)24-15-19-4-2-3-5-23(19)29-24;1-9-3-5-11(6-4-9)14-13(15)12-7-10(12)8-18-19(2,16)17;1-2-4-12-11(3-1)9-13(15-12)10-5-7-14-8-6-10;1-2-3;2-1-4-3;;;;/h2-5,15,17-18,20-22H,6-14,16H2,1H3,(H,26,28);9-12H,3-8H2,1-2H3,(H,14,15);1-4,9-10,14H,5-8H2;1H3;1,3H;1H4;;;/q;;;;;;2*+1;-1/p-1/t17?,20-,21?,22+;9?,10-,11?,12?;;;;;;;/m00......./s1. The maximum Gasteiger partial charge on any atom is 1.00 e. The number of nitrogens with zero attached hydrogens (tertiary/aromatic N) is 2. The Kier molecular flexibility index (Phi) is 31.3. The smallest absolute Gasteiger partial charge is 1.00 e. The van der Waals surface area contributed by atoms with E-state index in [1.807, 2.05) is 22.7 Å². The second-order valence-electron chi connectivity index (χ2n) is 20.5. The molecule has 10 rings (SSSR count). The van der Waals surface area contributed by atoms with Crippen molar-refractivity contribution in [1.29, 1.82) is 5.26 Å². The van der Waals surface area contributed by atoms with Gasteiger partial charge in [0.15, 0.2) is 0 Å². The van der Waals surface area contributed by atoms with Crippen LogP contribution in [0.3, 0.4) is 0 Å². The first kappa shape index (κ1) is 66.6. The molecule has 4 aliphatic carbocycles. The third kappa shape index (κ3) is 22.9. The van der Waals surface area contributed by atoms with E-state index in [1.165, 1.54) is 117 Å². The van der Waals surface area contributed by atoms with Crippen LogP contribution in [0, 0.1) is 46.8 Å². The number of benzene rings is 2. The fraction of sp³-hybridized carbons (Fsp3) is 0.636. The minimum atomic E-state index is -3.39. The number of hydrogen-bond donors (Lipinski definition) is 3. The molecule has 4 aromatic rings. The first-order valence-electron chi connectivity index (χ1n) is 25.7. The molecule has 18 heteroatoms. The first-order valence-corrected chi connectivity index (χ1v) is 29.1. The molecule has 1 unspecified atom stereocenters. The second kappa shape index (κ2) is 34.4. The summed E-state index contributed by atoms with van der Waals surface area (Å²) in [5, 5.41) is 28.4. The van der Waals surface area contributed by atoms with Gasteiger partial charge in [-0.2, -0.15) is 13.7 Å². The van der Waals surface area contributed by atoms with Crippen LogP contribution in [0.2, 0.25) is 0 Å².